The monoisotopic (exact) mass is 808 g/mol. The zero-order chi connectivity index (χ0) is 36.6. The molecule has 0 saturated heterocycles. The normalized spacial score (nSPS) is 12.3. The van der Waals surface area contributed by atoms with Gasteiger partial charge in [0.25, 0.3) is 0 Å². The predicted molar refractivity (Wildman–Crippen MR) is 222 cm³/mol. The Kier molecular flexibility index (Phi) is 13.8. The molecule has 2 heterocycles. The predicted octanol–water partition coefficient (Wildman–Crippen LogP) is 10.7. The molecule has 4 aromatic carbocycles. The van der Waals surface area contributed by atoms with E-state index < -0.39 is 17.6 Å². The highest BCUT2D eigenvalue weighted by molar-refractivity contribution is 8.76. The SMILES string of the molecule is CO[Si](CCCc1ccc(SSc2ccc(CCC[Si](OC)(OC)OC)cc2-c2nc3ccccc3s2)c(-c2nc3ccccc3s2)c1)(OC)OC. The van der Waals surface area contributed by atoms with Crippen LogP contribution in [0.5, 0.6) is 0 Å². The van der Waals surface area contributed by atoms with Gasteiger partial charge in [-0.15, -0.1) is 22.7 Å². The third kappa shape index (κ3) is 9.08. The Balaban J connectivity index is 1.29. The van der Waals surface area contributed by atoms with Crippen molar-refractivity contribution in [3.63, 3.8) is 0 Å². The van der Waals surface area contributed by atoms with Crippen LogP contribution >= 0.6 is 44.3 Å². The van der Waals surface area contributed by atoms with Crippen molar-refractivity contribution >= 4 is 82.3 Å². The molecular formula is C38H44N2O6S4Si2. The number of hydrogen-bond donors (Lipinski definition) is 0. The van der Waals surface area contributed by atoms with Gasteiger partial charge < -0.3 is 26.6 Å². The second-order valence-electron chi connectivity index (χ2n) is 12.1. The summed E-state index contributed by atoms with van der Waals surface area (Å²) >= 11 is 3.47. The fourth-order valence-electron chi connectivity index (χ4n) is 6.14. The molecule has 0 aliphatic heterocycles. The first-order valence-electron chi connectivity index (χ1n) is 17.0. The van der Waals surface area contributed by atoms with Crippen LogP contribution in [0.3, 0.4) is 0 Å². The van der Waals surface area contributed by atoms with E-state index in [0.717, 1.165) is 69.9 Å². The molecule has 0 spiro atoms. The number of hydrogen-bond acceptors (Lipinski definition) is 12. The Morgan fingerprint density at radius 3 is 1.27 bits per heavy atom. The molecule has 0 aliphatic rings. The summed E-state index contributed by atoms with van der Waals surface area (Å²) < 4.78 is 36.4. The number of fused-ring (bicyclic) bond motifs is 2. The molecule has 0 aliphatic carbocycles. The Morgan fingerprint density at radius 1 is 0.519 bits per heavy atom. The lowest BCUT2D eigenvalue weighted by molar-refractivity contribution is 0.122. The largest absolute Gasteiger partial charge is 0.500 e. The second-order valence-corrected chi connectivity index (χ2v) is 22.6. The maximum atomic E-state index is 5.67. The van der Waals surface area contributed by atoms with Crippen molar-refractivity contribution in [3.05, 3.63) is 96.1 Å². The smallest absolute Gasteiger partial charge is 0.377 e. The van der Waals surface area contributed by atoms with E-state index in [4.69, 9.17) is 36.5 Å². The minimum absolute atomic E-state index is 0.748. The Hall–Kier alpha value is -2.45. The zero-order valence-corrected chi connectivity index (χ0v) is 35.6. The zero-order valence-electron chi connectivity index (χ0n) is 30.3. The summed E-state index contributed by atoms with van der Waals surface area (Å²) in [6.07, 6.45) is 3.55. The minimum atomic E-state index is -2.64. The number of benzene rings is 4. The fourth-order valence-corrected chi connectivity index (χ4v) is 14.0. The van der Waals surface area contributed by atoms with E-state index in [-0.39, 0.29) is 0 Å². The molecule has 6 rings (SSSR count). The van der Waals surface area contributed by atoms with Crippen LogP contribution in [0.4, 0.5) is 0 Å². The Morgan fingerprint density at radius 2 is 0.904 bits per heavy atom. The van der Waals surface area contributed by atoms with E-state index in [1.807, 2.05) is 12.1 Å². The highest BCUT2D eigenvalue weighted by Gasteiger charge is 2.37. The van der Waals surface area contributed by atoms with Gasteiger partial charge in [0.1, 0.15) is 10.0 Å². The summed E-state index contributed by atoms with van der Waals surface area (Å²) in [4.78, 5) is 12.5. The fraction of sp³-hybridized carbons (Fsp3) is 0.316. The lowest BCUT2D eigenvalue weighted by Crippen LogP contribution is -2.42. The molecule has 0 N–H and O–H groups in total. The van der Waals surface area contributed by atoms with Crippen molar-refractivity contribution in [1.29, 1.82) is 0 Å². The first-order valence-corrected chi connectivity index (χ1v) is 24.7. The number of para-hydroxylation sites is 2. The molecule has 0 fully saturated rings. The van der Waals surface area contributed by atoms with Crippen molar-refractivity contribution in [2.24, 2.45) is 0 Å². The molecule has 14 heteroatoms. The number of aryl methyl sites for hydroxylation is 2. The highest BCUT2D eigenvalue weighted by atomic mass is 33.1. The quantitative estimate of drug-likeness (QED) is 0.0583. The molecule has 0 radical (unpaired) electrons. The lowest BCUT2D eigenvalue weighted by atomic mass is 10.1. The number of aromatic nitrogens is 2. The van der Waals surface area contributed by atoms with Gasteiger partial charge in [-0.1, -0.05) is 58.0 Å². The van der Waals surface area contributed by atoms with Gasteiger partial charge in [-0.3, -0.25) is 0 Å². The van der Waals surface area contributed by atoms with Crippen molar-refractivity contribution in [3.8, 4) is 21.1 Å². The average Bonchev–Trinajstić information content (AvgIpc) is 3.83. The van der Waals surface area contributed by atoms with Crippen molar-refractivity contribution in [2.75, 3.05) is 42.7 Å². The third-order valence-electron chi connectivity index (χ3n) is 9.12. The maximum Gasteiger partial charge on any atom is 0.500 e. The molecule has 52 heavy (non-hydrogen) atoms. The number of rotatable bonds is 19. The van der Waals surface area contributed by atoms with E-state index in [9.17, 15) is 0 Å². The molecule has 274 valence electrons. The van der Waals surface area contributed by atoms with Crippen LogP contribution in [0.15, 0.2) is 94.7 Å². The summed E-state index contributed by atoms with van der Waals surface area (Å²) in [5.41, 5.74) is 6.81. The van der Waals surface area contributed by atoms with E-state index in [2.05, 4.69) is 72.8 Å². The van der Waals surface area contributed by atoms with Crippen LogP contribution in [-0.4, -0.2) is 70.2 Å². The summed E-state index contributed by atoms with van der Waals surface area (Å²) in [6.45, 7) is 0. The standard InChI is InChI=1S/C38H44N2O6S4Si2/c1-41-51(42-2,43-3)23-11-13-27-19-21-33(29(25-27)37-39-31-15-7-9-17-35(31)47-37)49-50-34-22-20-28(14-12-24-52(44-4,45-5)46-6)26-30(34)38-40-32-16-8-10-18-36(32)48-38/h7-10,15-22,25-26H,11-14,23-24H2,1-6H3. The van der Waals surface area contributed by atoms with Gasteiger partial charge >= 0.3 is 17.6 Å². The molecule has 0 atom stereocenters. The highest BCUT2D eigenvalue weighted by Crippen LogP contribution is 2.47. The molecule has 8 nitrogen and oxygen atoms in total. The first kappa shape index (κ1) is 39.3. The van der Waals surface area contributed by atoms with Gasteiger partial charge in [0.05, 0.1) is 20.4 Å². The average molecular weight is 809 g/mol. The van der Waals surface area contributed by atoms with Crippen molar-refractivity contribution in [1.82, 2.24) is 9.97 Å². The van der Waals surface area contributed by atoms with Gasteiger partial charge in [0.2, 0.25) is 0 Å². The van der Waals surface area contributed by atoms with Gasteiger partial charge in [-0.25, -0.2) is 9.97 Å². The van der Waals surface area contributed by atoms with E-state index in [0.29, 0.717) is 0 Å². The van der Waals surface area contributed by atoms with Crippen LogP contribution in [0, 0.1) is 0 Å². The molecule has 2 aromatic heterocycles. The molecule has 0 bridgehead atoms. The van der Waals surface area contributed by atoms with E-state index >= 15 is 0 Å². The summed E-state index contributed by atoms with van der Waals surface area (Å²) in [7, 11) is 8.27. The number of thiazole rings is 2. The lowest BCUT2D eigenvalue weighted by Gasteiger charge is -2.24. The summed E-state index contributed by atoms with van der Waals surface area (Å²) in [5.74, 6) is 0. The molecule has 0 unspecified atom stereocenters. The van der Waals surface area contributed by atoms with Gasteiger partial charge in [-0.05, 0) is 85.3 Å². The molecule has 0 saturated carbocycles. The second kappa shape index (κ2) is 18.3. The van der Waals surface area contributed by atoms with Crippen LogP contribution in [0.2, 0.25) is 12.1 Å². The van der Waals surface area contributed by atoms with E-state index in [1.54, 1.807) is 86.9 Å². The summed E-state index contributed by atoms with van der Waals surface area (Å²) in [5, 5.41) is 2.04. The topological polar surface area (TPSA) is 81.2 Å². The van der Waals surface area contributed by atoms with Crippen molar-refractivity contribution < 1.29 is 26.6 Å². The number of nitrogens with zero attached hydrogens (tertiary/aromatic N) is 2. The van der Waals surface area contributed by atoms with Crippen LogP contribution in [-0.2, 0) is 39.4 Å². The van der Waals surface area contributed by atoms with Gasteiger partial charge in [-0.2, -0.15) is 0 Å². The van der Waals surface area contributed by atoms with E-state index in [1.165, 1.54) is 30.3 Å². The van der Waals surface area contributed by atoms with Crippen LogP contribution < -0.4 is 0 Å². The first-order chi connectivity index (χ1) is 25.4. The van der Waals surface area contributed by atoms with Crippen molar-refractivity contribution in [2.45, 2.75) is 47.6 Å². The minimum Gasteiger partial charge on any atom is -0.377 e. The molecule has 0 amide bonds. The molecular weight excluding hydrogens is 765 g/mol. The Bertz CT molecular complexity index is 1860. The maximum absolute atomic E-state index is 5.67. The summed E-state index contributed by atoms with van der Waals surface area (Å²) in [6, 6.07) is 31.7. The van der Waals surface area contributed by atoms with Crippen LogP contribution in [0.1, 0.15) is 24.0 Å². The van der Waals surface area contributed by atoms with Gasteiger partial charge in [0, 0.05) is 75.7 Å². The van der Waals surface area contributed by atoms with Gasteiger partial charge in [0.15, 0.2) is 0 Å². The Labute approximate surface area is 324 Å². The molecule has 6 aromatic rings. The van der Waals surface area contributed by atoms with Crippen LogP contribution in [0.25, 0.3) is 41.6 Å². The third-order valence-corrected chi connectivity index (χ3v) is 19.4.